The Labute approximate surface area is 122 Å². The maximum atomic E-state index is 5.63. The summed E-state index contributed by atoms with van der Waals surface area (Å²) >= 11 is 0. The van der Waals surface area contributed by atoms with Crippen LogP contribution in [-0.4, -0.2) is 45.8 Å². The van der Waals surface area contributed by atoms with E-state index in [-0.39, 0.29) is 0 Å². The number of benzene rings is 1. The summed E-state index contributed by atoms with van der Waals surface area (Å²) in [5, 5.41) is 3.32. The van der Waals surface area contributed by atoms with Crippen LogP contribution < -0.4 is 14.8 Å². The van der Waals surface area contributed by atoms with Crippen LogP contribution >= 0.6 is 0 Å². The third-order valence-corrected chi connectivity index (χ3v) is 4.25. The van der Waals surface area contributed by atoms with Crippen molar-refractivity contribution in [2.45, 2.75) is 19.4 Å². The van der Waals surface area contributed by atoms with Crippen LogP contribution in [0.3, 0.4) is 0 Å². The van der Waals surface area contributed by atoms with Crippen LogP contribution in [0, 0.1) is 5.92 Å². The van der Waals surface area contributed by atoms with Gasteiger partial charge in [0.15, 0.2) is 11.5 Å². The summed E-state index contributed by atoms with van der Waals surface area (Å²) in [6.45, 7) is 5.46. The van der Waals surface area contributed by atoms with E-state index in [0.717, 1.165) is 31.1 Å². The van der Waals surface area contributed by atoms with Gasteiger partial charge in [0.05, 0.1) is 14.2 Å². The molecule has 4 nitrogen and oxygen atoms in total. The number of hydrogen-bond acceptors (Lipinski definition) is 4. The Kier molecular flexibility index (Phi) is 5.26. The molecular formula is C16H26N2O2. The molecule has 1 aliphatic rings. The molecular weight excluding hydrogens is 252 g/mol. The molecule has 1 fully saturated rings. The summed E-state index contributed by atoms with van der Waals surface area (Å²) in [4.78, 5) is 2.53. The van der Waals surface area contributed by atoms with Gasteiger partial charge < -0.3 is 14.8 Å². The molecule has 0 aliphatic carbocycles. The standard InChI is InChI=1S/C16H26N2O2/c1-5-18-10-9-12(11-17-2)15(18)13-7-6-8-14(19-3)16(13)20-4/h6-8,12,15,17H,5,9-11H2,1-4H3. The lowest BCUT2D eigenvalue weighted by atomic mass is 9.92. The topological polar surface area (TPSA) is 33.7 Å². The number of likely N-dealkylation sites (tertiary alicyclic amines) is 1. The van der Waals surface area contributed by atoms with E-state index in [1.807, 2.05) is 13.1 Å². The molecule has 20 heavy (non-hydrogen) atoms. The lowest BCUT2D eigenvalue weighted by Gasteiger charge is -2.29. The van der Waals surface area contributed by atoms with Crippen molar-refractivity contribution in [2.75, 3.05) is 40.9 Å². The van der Waals surface area contributed by atoms with E-state index in [2.05, 4.69) is 29.3 Å². The van der Waals surface area contributed by atoms with E-state index in [4.69, 9.17) is 9.47 Å². The van der Waals surface area contributed by atoms with Gasteiger partial charge in [0.25, 0.3) is 0 Å². The van der Waals surface area contributed by atoms with Crippen molar-refractivity contribution < 1.29 is 9.47 Å². The van der Waals surface area contributed by atoms with E-state index < -0.39 is 0 Å². The lowest BCUT2D eigenvalue weighted by Crippen LogP contribution is -2.29. The maximum Gasteiger partial charge on any atom is 0.165 e. The van der Waals surface area contributed by atoms with E-state index in [1.165, 1.54) is 12.0 Å². The SMILES string of the molecule is CCN1CCC(CNC)C1c1cccc(OC)c1OC. The molecule has 0 bridgehead atoms. The minimum absolute atomic E-state index is 0.400. The molecule has 2 unspecified atom stereocenters. The molecule has 1 aromatic carbocycles. The smallest absolute Gasteiger partial charge is 0.165 e. The molecule has 0 saturated carbocycles. The molecule has 0 radical (unpaired) electrons. The number of nitrogens with zero attached hydrogens (tertiary/aromatic N) is 1. The van der Waals surface area contributed by atoms with Crippen LogP contribution in [-0.2, 0) is 0 Å². The first-order valence-electron chi connectivity index (χ1n) is 7.36. The van der Waals surface area contributed by atoms with Crippen molar-refractivity contribution >= 4 is 0 Å². The Morgan fingerprint density at radius 3 is 2.70 bits per heavy atom. The quantitative estimate of drug-likeness (QED) is 0.866. The highest BCUT2D eigenvalue weighted by Gasteiger charge is 2.36. The summed E-state index contributed by atoms with van der Waals surface area (Å²) in [6, 6.07) is 6.58. The summed E-state index contributed by atoms with van der Waals surface area (Å²) in [5.74, 6) is 2.30. The molecule has 1 aromatic rings. The van der Waals surface area contributed by atoms with Crippen LogP contribution in [0.4, 0.5) is 0 Å². The number of para-hydroxylation sites is 1. The summed E-state index contributed by atoms with van der Waals surface area (Å²) in [7, 11) is 5.44. The van der Waals surface area contributed by atoms with Gasteiger partial charge in [-0.1, -0.05) is 19.1 Å². The molecule has 0 aromatic heterocycles. The van der Waals surface area contributed by atoms with Crippen molar-refractivity contribution in [2.24, 2.45) is 5.92 Å². The number of methoxy groups -OCH3 is 2. The molecule has 1 heterocycles. The zero-order valence-corrected chi connectivity index (χ0v) is 13.0. The second-order valence-corrected chi connectivity index (χ2v) is 5.26. The number of rotatable bonds is 6. The Bertz CT molecular complexity index is 436. The van der Waals surface area contributed by atoms with Gasteiger partial charge in [-0.2, -0.15) is 0 Å². The Morgan fingerprint density at radius 1 is 1.30 bits per heavy atom. The minimum atomic E-state index is 0.400. The van der Waals surface area contributed by atoms with Crippen molar-refractivity contribution in [3.63, 3.8) is 0 Å². The van der Waals surface area contributed by atoms with Crippen LogP contribution in [0.1, 0.15) is 24.9 Å². The van der Waals surface area contributed by atoms with Gasteiger partial charge in [0, 0.05) is 11.6 Å². The van der Waals surface area contributed by atoms with Gasteiger partial charge in [-0.25, -0.2) is 0 Å². The average Bonchev–Trinajstić information content (AvgIpc) is 2.89. The van der Waals surface area contributed by atoms with Gasteiger partial charge in [-0.3, -0.25) is 4.90 Å². The number of nitrogens with one attached hydrogen (secondary N) is 1. The summed E-state index contributed by atoms with van der Waals surface area (Å²) < 4.78 is 11.1. The molecule has 2 atom stereocenters. The van der Waals surface area contributed by atoms with Crippen LogP contribution in [0.25, 0.3) is 0 Å². The summed E-state index contributed by atoms with van der Waals surface area (Å²) in [6.07, 6.45) is 1.22. The molecule has 1 N–H and O–H groups in total. The molecule has 112 valence electrons. The zero-order chi connectivity index (χ0) is 14.5. The van der Waals surface area contributed by atoms with Crippen LogP contribution in [0.15, 0.2) is 18.2 Å². The fourth-order valence-corrected chi connectivity index (χ4v) is 3.35. The van der Waals surface area contributed by atoms with E-state index in [9.17, 15) is 0 Å². The average molecular weight is 278 g/mol. The first-order valence-corrected chi connectivity index (χ1v) is 7.36. The third-order valence-electron chi connectivity index (χ3n) is 4.25. The highest BCUT2D eigenvalue weighted by molar-refractivity contribution is 5.48. The van der Waals surface area contributed by atoms with Crippen LogP contribution in [0.2, 0.25) is 0 Å². The van der Waals surface area contributed by atoms with Crippen molar-refractivity contribution in [1.82, 2.24) is 10.2 Å². The van der Waals surface area contributed by atoms with E-state index in [1.54, 1.807) is 14.2 Å². The maximum absolute atomic E-state index is 5.63. The number of hydrogen-bond donors (Lipinski definition) is 1. The normalized spacial score (nSPS) is 23.0. The van der Waals surface area contributed by atoms with Gasteiger partial charge in [0.1, 0.15) is 0 Å². The monoisotopic (exact) mass is 278 g/mol. The first kappa shape index (κ1) is 15.1. The highest BCUT2D eigenvalue weighted by atomic mass is 16.5. The first-order chi connectivity index (χ1) is 9.76. The predicted molar refractivity (Wildman–Crippen MR) is 81.6 cm³/mol. The third kappa shape index (κ3) is 2.76. The van der Waals surface area contributed by atoms with Crippen molar-refractivity contribution in [3.8, 4) is 11.5 Å². The van der Waals surface area contributed by atoms with Crippen LogP contribution in [0.5, 0.6) is 11.5 Å². The zero-order valence-electron chi connectivity index (χ0n) is 13.0. The largest absolute Gasteiger partial charge is 0.493 e. The van der Waals surface area contributed by atoms with Gasteiger partial charge >= 0.3 is 0 Å². The van der Waals surface area contributed by atoms with Crippen molar-refractivity contribution in [1.29, 1.82) is 0 Å². The van der Waals surface area contributed by atoms with E-state index in [0.29, 0.717) is 12.0 Å². The molecule has 0 spiro atoms. The van der Waals surface area contributed by atoms with Gasteiger partial charge in [-0.15, -0.1) is 0 Å². The van der Waals surface area contributed by atoms with Gasteiger partial charge in [0.2, 0.25) is 0 Å². The molecule has 2 rings (SSSR count). The van der Waals surface area contributed by atoms with Crippen molar-refractivity contribution in [3.05, 3.63) is 23.8 Å². The van der Waals surface area contributed by atoms with E-state index >= 15 is 0 Å². The molecule has 0 amide bonds. The minimum Gasteiger partial charge on any atom is -0.493 e. The van der Waals surface area contributed by atoms with Gasteiger partial charge in [-0.05, 0) is 45.1 Å². The molecule has 1 saturated heterocycles. The predicted octanol–water partition coefficient (Wildman–Crippen LogP) is 2.31. The Hall–Kier alpha value is -1.26. The lowest BCUT2D eigenvalue weighted by molar-refractivity contribution is 0.230. The second-order valence-electron chi connectivity index (χ2n) is 5.26. The Balaban J connectivity index is 2.40. The second kappa shape index (κ2) is 6.95. The Morgan fingerprint density at radius 2 is 2.10 bits per heavy atom. The summed E-state index contributed by atoms with van der Waals surface area (Å²) in [5.41, 5.74) is 1.24. The molecule has 4 heteroatoms. The number of ether oxygens (including phenoxy) is 2. The molecule has 1 aliphatic heterocycles. The fraction of sp³-hybridized carbons (Fsp3) is 0.625. The highest BCUT2D eigenvalue weighted by Crippen LogP contribution is 2.43. The fourth-order valence-electron chi connectivity index (χ4n) is 3.35.